The highest BCUT2D eigenvalue weighted by atomic mass is 16.5. The predicted octanol–water partition coefficient (Wildman–Crippen LogP) is 1.85. The first kappa shape index (κ1) is 14.6. The number of esters is 1. The molecule has 3 aromatic rings. The number of imidazole rings is 1. The summed E-state index contributed by atoms with van der Waals surface area (Å²) in [5.74, 6) is -0.319. The lowest BCUT2D eigenvalue weighted by atomic mass is 10.2. The number of fused-ring (bicyclic) bond motifs is 3. The molecule has 0 spiro atoms. The molecule has 0 aliphatic carbocycles. The van der Waals surface area contributed by atoms with Crippen molar-refractivity contribution < 1.29 is 9.53 Å². The number of carbonyl (C=O) groups is 1. The Morgan fingerprint density at radius 3 is 2.64 bits per heavy atom. The first-order chi connectivity index (χ1) is 10.5. The Labute approximate surface area is 128 Å². The van der Waals surface area contributed by atoms with E-state index in [0.717, 1.165) is 16.7 Å². The second-order valence-corrected chi connectivity index (χ2v) is 5.68. The third kappa shape index (κ3) is 2.25. The number of hydrogen-bond donors (Lipinski definition) is 0. The molecule has 0 amide bonds. The summed E-state index contributed by atoms with van der Waals surface area (Å²) in [6.45, 7) is 2.90. The van der Waals surface area contributed by atoms with Crippen molar-refractivity contribution in [3.8, 4) is 0 Å². The van der Waals surface area contributed by atoms with Crippen LogP contribution in [0, 0.1) is 6.92 Å². The quantitative estimate of drug-likeness (QED) is 0.690. The summed E-state index contributed by atoms with van der Waals surface area (Å²) in [6.07, 6.45) is 0. The average molecular weight is 300 g/mol. The number of ether oxygens (including phenoxy) is 1. The molecule has 6 heteroatoms. The van der Waals surface area contributed by atoms with Crippen molar-refractivity contribution in [2.45, 2.75) is 6.92 Å². The van der Waals surface area contributed by atoms with E-state index >= 15 is 0 Å². The molecular formula is C16H20N4O2. The third-order valence-electron chi connectivity index (χ3n) is 3.80. The fraction of sp³-hybridized carbons (Fsp3) is 0.375. The molecule has 2 heterocycles. The van der Waals surface area contributed by atoms with Gasteiger partial charge in [0, 0.05) is 13.6 Å². The van der Waals surface area contributed by atoms with Gasteiger partial charge in [-0.15, -0.1) is 0 Å². The van der Waals surface area contributed by atoms with E-state index in [1.54, 1.807) is 0 Å². The maximum Gasteiger partial charge on any atom is 0.343 e. The van der Waals surface area contributed by atoms with Crippen LogP contribution in [0.25, 0.3) is 16.7 Å². The molecular weight excluding hydrogens is 280 g/mol. The van der Waals surface area contributed by atoms with Crippen molar-refractivity contribution in [1.82, 2.24) is 19.1 Å². The Morgan fingerprint density at radius 2 is 1.95 bits per heavy atom. The molecule has 0 aliphatic rings. The predicted molar refractivity (Wildman–Crippen MR) is 85.2 cm³/mol. The standard InChI is InChI=1S/C16H20N4O2/c1-11-14(16(21)22-10-9-18(2)3)15-19(4)12-7-5-6-8-13(12)20(15)17-11/h5-8H,9-10H2,1-4H3. The Bertz CT molecular complexity index is 845. The number of nitrogens with zero attached hydrogens (tertiary/aromatic N) is 4. The zero-order valence-corrected chi connectivity index (χ0v) is 13.3. The molecule has 0 N–H and O–H groups in total. The van der Waals surface area contributed by atoms with Crippen molar-refractivity contribution >= 4 is 22.6 Å². The smallest absolute Gasteiger partial charge is 0.343 e. The summed E-state index contributed by atoms with van der Waals surface area (Å²) in [6, 6.07) is 7.95. The van der Waals surface area contributed by atoms with Crippen molar-refractivity contribution in [1.29, 1.82) is 0 Å². The van der Waals surface area contributed by atoms with E-state index < -0.39 is 0 Å². The Hall–Kier alpha value is -2.34. The average Bonchev–Trinajstić information content (AvgIpc) is 2.95. The topological polar surface area (TPSA) is 51.8 Å². The zero-order valence-electron chi connectivity index (χ0n) is 13.3. The van der Waals surface area contributed by atoms with Gasteiger partial charge in [-0.05, 0) is 33.2 Å². The fourth-order valence-electron chi connectivity index (χ4n) is 2.67. The maximum absolute atomic E-state index is 12.4. The summed E-state index contributed by atoms with van der Waals surface area (Å²) in [5.41, 5.74) is 4.01. The minimum absolute atomic E-state index is 0.319. The van der Waals surface area contributed by atoms with Gasteiger partial charge in [-0.3, -0.25) is 0 Å². The highest BCUT2D eigenvalue weighted by Crippen LogP contribution is 2.24. The number of carbonyl (C=O) groups excluding carboxylic acids is 1. The lowest BCUT2D eigenvalue weighted by molar-refractivity contribution is 0.0483. The van der Waals surface area contributed by atoms with E-state index in [2.05, 4.69) is 5.10 Å². The summed E-state index contributed by atoms with van der Waals surface area (Å²) in [5, 5.41) is 4.51. The molecule has 1 aromatic carbocycles. The molecule has 0 fully saturated rings. The molecule has 0 radical (unpaired) electrons. The highest BCUT2D eigenvalue weighted by molar-refractivity contribution is 5.99. The highest BCUT2D eigenvalue weighted by Gasteiger charge is 2.23. The van der Waals surface area contributed by atoms with Gasteiger partial charge < -0.3 is 14.2 Å². The van der Waals surface area contributed by atoms with Gasteiger partial charge >= 0.3 is 5.97 Å². The molecule has 2 aromatic heterocycles. The summed E-state index contributed by atoms with van der Waals surface area (Å²) >= 11 is 0. The molecule has 0 bridgehead atoms. The molecule has 0 aliphatic heterocycles. The molecule has 0 unspecified atom stereocenters. The minimum atomic E-state index is -0.319. The number of rotatable bonds is 4. The van der Waals surface area contributed by atoms with Crippen LogP contribution in [0.3, 0.4) is 0 Å². The zero-order chi connectivity index (χ0) is 15.9. The van der Waals surface area contributed by atoms with Crippen LogP contribution in [0.1, 0.15) is 16.1 Å². The minimum Gasteiger partial charge on any atom is -0.461 e. The number of para-hydroxylation sites is 2. The van der Waals surface area contributed by atoms with Crippen molar-refractivity contribution in [3.63, 3.8) is 0 Å². The van der Waals surface area contributed by atoms with Crippen molar-refractivity contribution in [2.75, 3.05) is 27.2 Å². The number of hydrogen-bond acceptors (Lipinski definition) is 4. The summed E-state index contributed by atoms with van der Waals surface area (Å²) in [7, 11) is 5.83. The van der Waals surface area contributed by atoms with Gasteiger partial charge in [-0.1, -0.05) is 12.1 Å². The van der Waals surface area contributed by atoms with E-state index in [4.69, 9.17) is 4.74 Å². The number of aromatic nitrogens is 3. The summed E-state index contributed by atoms with van der Waals surface area (Å²) in [4.78, 5) is 14.4. The number of benzene rings is 1. The van der Waals surface area contributed by atoms with Crippen LogP contribution in [-0.2, 0) is 11.8 Å². The number of aryl methyl sites for hydroxylation is 2. The lowest BCUT2D eigenvalue weighted by Crippen LogP contribution is -2.20. The lowest BCUT2D eigenvalue weighted by Gasteiger charge is -2.09. The van der Waals surface area contributed by atoms with Gasteiger partial charge in [0.1, 0.15) is 12.2 Å². The van der Waals surface area contributed by atoms with Crippen LogP contribution < -0.4 is 0 Å². The van der Waals surface area contributed by atoms with Gasteiger partial charge in [0.25, 0.3) is 0 Å². The van der Waals surface area contributed by atoms with Crippen LogP contribution in [0.5, 0.6) is 0 Å². The van der Waals surface area contributed by atoms with Gasteiger partial charge in [-0.25, -0.2) is 9.31 Å². The van der Waals surface area contributed by atoms with Crippen LogP contribution >= 0.6 is 0 Å². The van der Waals surface area contributed by atoms with E-state index in [-0.39, 0.29) is 5.97 Å². The third-order valence-corrected chi connectivity index (χ3v) is 3.80. The van der Waals surface area contributed by atoms with E-state index in [1.807, 2.05) is 66.3 Å². The second kappa shape index (κ2) is 5.46. The summed E-state index contributed by atoms with van der Waals surface area (Å²) < 4.78 is 9.19. The van der Waals surface area contributed by atoms with Crippen LogP contribution in [0.15, 0.2) is 24.3 Å². The van der Waals surface area contributed by atoms with Crippen molar-refractivity contribution in [3.05, 3.63) is 35.5 Å². The van der Waals surface area contributed by atoms with Gasteiger partial charge in [0.15, 0.2) is 5.65 Å². The molecule has 3 rings (SSSR count). The first-order valence-corrected chi connectivity index (χ1v) is 7.25. The largest absolute Gasteiger partial charge is 0.461 e. The Morgan fingerprint density at radius 1 is 1.27 bits per heavy atom. The Balaban J connectivity index is 2.06. The van der Waals surface area contributed by atoms with Gasteiger partial charge in [0.2, 0.25) is 0 Å². The van der Waals surface area contributed by atoms with Crippen LogP contribution in [0.2, 0.25) is 0 Å². The number of likely N-dealkylation sites (N-methyl/N-ethyl adjacent to an activating group) is 1. The van der Waals surface area contributed by atoms with Crippen LogP contribution in [0.4, 0.5) is 0 Å². The SMILES string of the molecule is Cc1nn2c3ccccc3n(C)c2c1C(=O)OCCN(C)C. The van der Waals surface area contributed by atoms with E-state index in [0.29, 0.717) is 24.4 Å². The van der Waals surface area contributed by atoms with Crippen molar-refractivity contribution in [2.24, 2.45) is 7.05 Å². The van der Waals surface area contributed by atoms with E-state index in [9.17, 15) is 4.79 Å². The van der Waals surface area contributed by atoms with Crippen LogP contribution in [-0.4, -0.2) is 52.3 Å². The Kier molecular flexibility index (Phi) is 3.62. The molecule has 0 atom stereocenters. The molecule has 0 saturated heterocycles. The molecule has 22 heavy (non-hydrogen) atoms. The molecule has 6 nitrogen and oxygen atoms in total. The second-order valence-electron chi connectivity index (χ2n) is 5.68. The van der Waals surface area contributed by atoms with E-state index in [1.165, 1.54) is 0 Å². The normalized spacial score (nSPS) is 11.7. The first-order valence-electron chi connectivity index (χ1n) is 7.25. The monoisotopic (exact) mass is 300 g/mol. The van der Waals surface area contributed by atoms with Gasteiger partial charge in [-0.2, -0.15) is 5.10 Å². The molecule has 116 valence electrons. The van der Waals surface area contributed by atoms with Gasteiger partial charge in [0.05, 0.1) is 16.7 Å². The maximum atomic E-state index is 12.4. The molecule has 0 saturated carbocycles. The fourth-order valence-corrected chi connectivity index (χ4v) is 2.67.